The molecule has 1 rings (SSSR count). The van der Waals surface area contributed by atoms with Crippen LogP contribution in [0.3, 0.4) is 0 Å². The molecule has 0 aliphatic heterocycles. The van der Waals surface area contributed by atoms with Crippen molar-refractivity contribution >= 4 is 22.4 Å². The Balaban J connectivity index is 2.63. The van der Waals surface area contributed by atoms with Crippen molar-refractivity contribution in [2.24, 2.45) is 5.73 Å². The van der Waals surface area contributed by atoms with Crippen molar-refractivity contribution in [1.82, 2.24) is 10.2 Å². The molecule has 14 heavy (non-hydrogen) atoms. The van der Waals surface area contributed by atoms with E-state index in [0.29, 0.717) is 5.13 Å². The van der Waals surface area contributed by atoms with Gasteiger partial charge >= 0.3 is 0 Å². The largest absolute Gasteiger partial charge is 0.370 e. The van der Waals surface area contributed by atoms with E-state index in [-0.39, 0.29) is 17.9 Å². The lowest BCUT2D eigenvalue weighted by molar-refractivity contribution is -0.118. The van der Waals surface area contributed by atoms with E-state index < -0.39 is 0 Å². The molecule has 0 saturated heterocycles. The molecule has 0 aliphatic carbocycles. The first kappa shape index (κ1) is 10.9. The summed E-state index contributed by atoms with van der Waals surface area (Å²) in [4.78, 5) is 10.8. The standard InChI is InChI=1S/C8H14N4OS/c1-5-11-12-7(14-5)10-8(2,3)4-6(9)13/h4H2,1-3H3,(H2,9,13)(H,10,12). The lowest BCUT2D eigenvalue weighted by Crippen LogP contribution is -2.35. The topological polar surface area (TPSA) is 80.9 Å². The average molecular weight is 214 g/mol. The fraction of sp³-hybridized carbons (Fsp3) is 0.625. The number of nitrogens with one attached hydrogen (secondary N) is 1. The van der Waals surface area contributed by atoms with Crippen LogP contribution in [-0.2, 0) is 4.79 Å². The maximum Gasteiger partial charge on any atom is 0.219 e. The third-order valence-corrected chi connectivity index (χ3v) is 2.34. The van der Waals surface area contributed by atoms with Crippen LogP contribution in [0.5, 0.6) is 0 Å². The lowest BCUT2D eigenvalue weighted by atomic mass is 10.0. The van der Waals surface area contributed by atoms with E-state index in [1.54, 1.807) is 0 Å². The summed E-state index contributed by atoms with van der Waals surface area (Å²) in [5.74, 6) is -0.330. The number of carbonyl (C=O) groups is 1. The Kier molecular flexibility index (Phi) is 3.05. The first-order chi connectivity index (χ1) is 6.39. The molecular weight excluding hydrogens is 200 g/mol. The van der Waals surface area contributed by atoms with Crippen molar-refractivity contribution in [3.05, 3.63) is 5.01 Å². The van der Waals surface area contributed by atoms with Gasteiger partial charge in [-0.1, -0.05) is 11.3 Å². The van der Waals surface area contributed by atoms with Gasteiger partial charge in [0.05, 0.1) is 0 Å². The second-order valence-corrected chi connectivity index (χ2v) is 4.96. The Hall–Kier alpha value is -1.17. The van der Waals surface area contributed by atoms with Crippen molar-refractivity contribution in [3.63, 3.8) is 0 Å². The molecule has 0 saturated carbocycles. The SMILES string of the molecule is Cc1nnc(NC(C)(C)CC(N)=O)s1. The number of nitrogens with two attached hydrogens (primary N) is 1. The molecule has 0 aromatic carbocycles. The van der Waals surface area contributed by atoms with E-state index in [0.717, 1.165) is 5.01 Å². The van der Waals surface area contributed by atoms with Gasteiger partial charge in [0.15, 0.2) is 0 Å². The summed E-state index contributed by atoms with van der Waals surface area (Å²) in [7, 11) is 0. The molecule has 0 unspecified atom stereocenters. The van der Waals surface area contributed by atoms with Crippen LogP contribution in [0.15, 0.2) is 0 Å². The molecule has 0 spiro atoms. The number of amides is 1. The Bertz CT molecular complexity index is 334. The van der Waals surface area contributed by atoms with E-state index in [9.17, 15) is 4.79 Å². The third kappa shape index (κ3) is 3.29. The van der Waals surface area contributed by atoms with Gasteiger partial charge in [0.2, 0.25) is 11.0 Å². The molecule has 1 heterocycles. The molecule has 6 heteroatoms. The van der Waals surface area contributed by atoms with E-state index in [1.807, 2.05) is 20.8 Å². The van der Waals surface area contributed by atoms with Crippen LogP contribution in [0.2, 0.25) is 0 Å². The molecule has 0 radical (unpaired) electrons. The Morgan fingerprint density at radius 1 is 1.57 bits per heavy atom. The highest BCUT2D eigenvalue weighted by molar-refractivity contribution is 7.15. The first-order valence-electron chi connectivity index (χ1n) is 4.26. The van der Waals surface area contributed by atoms with Gasteiger partial charge in [-0.05, 0) is 20.8 Å². The zero-order valence-electron chi connectivity index (χ0n) is 8.50. The number of rotatable bonds is 4. The van der Waals surface area contributed by atoms with Crippen LogP contribution >= 0.6 is 11.3 Å². The monoisotopic (exact) mass is 214 g/mol. The first-order valence-corrected chi connectivity index (χ1v) is 5.07. The van der Waals surface area contributed by atoms with Crippen LogP contribution in [0.4, 0.5) is 5.13 Å². The van der Waals surface area contributed by atoms with Crippen LogP contribution < -0.4 is 11.1 Å². The van der Waals surface area contributed by atoms with Crippen molar-refractivity contribution in [2.45, 2.75) is 32.7 Å². The number of primary amides is 1. The Morgan fingerprint density at radius 2 is 2.21 bits per heavy atom. The third-order valence-electron chi connectivity index (χ3n) is 1.59. The average Bonchev–Trinajstić information content (AvgIpc) is 2.30. The van der Waals surface area contributed by atoms with Crippen molar-refractivity contribution in [1.29, 1.82) is 0 Å². The molecule has 0 fully saturated rings. The molecule has 3 N–H and O–H groups in total. The van der Waals surface area contributed by atoms with Gasteiger partial charge in [-0.2, -0.15) is 0 Å². The van der Waals surface area contributed by atoms with Gasteiger partial charge in [0, 0.05) is 12.0 Å². The maximum absolute atomic E-state index is 10.8. The van der Waals surface area contributed by atoms with Crippen molar-refractivity contribution < 1.29 is 4.79 Å². The minimum atomic E-state index is -0.377. The summed E-state index contributed by atoms with van der Waals surface area (Å²) in [6.45, 7) is 5.67. The highest BCUT2D eigenvalue weighted by Gasteiger charge is 2.21. The van der Waals surface area contributed by atoms with Crippen LogP contribution in [0, 0.1) is 6.92 Å². The van der Waals surface area contributed by atoms with Gasteiger partial charge in [0.25, 0.3) is 0 Å². The van der Waals surface area contributed by atoms with Gasteiger partial charge in [-0.3, -0.25) is 4.79 Å². The molecule has 5 nitrogen and oxygen atoms in total. The quantitative estimate of drug-likeness (QED) is 0.780. The van der Waals surface area contributed by atoms with E-state index in [4.69, 9.17) is 5.73 Å². The van der Waals surface area contributed by atoms with Gasteiger partial charge in [0.1, 0.15) is 5.01 Å². The zero-order chi connectivity index (χ0) is 10.8. The van der Waals surface area contributed by atoms with Crippen molar-refractivity contribution in [2.75, 3.05) is 5.32 Å². The molecule has 1 aromatic rings. The fourth-order valence-electron chi connectivity index (χ4n) is 1.12. The van der Waals surface area contributed by atoms with Crippen LogP contribution in [0.1, 0.15) is 25.3 Å². The summed E-state index contributed by atoms with van der Waals surface area (Å²) < 4.78 is 0. The summed E-state index contributed by atoms with van der Waals surface area (Å²) >= 11 is 1.46. The molecule has 0 atom stereocenters. The molecule has 1 amide bonds. The van der Waals surface area contributed by atoms with Crippen LogP contribution in [-0.4, -0.2) is 21.6 Å². The fourth-order valence-corrected chi connectivity index (χ4v) is 1.89. The summed E-state index contributed by atoms with van der Waals surface area (Å²) in [5.41, 5.74) is 4.75. The number of nitrogens with zero attached hydrogens (tertiary/aromatic N) is 2. The highest BCUT2D eigenvalue weighted by atomic mass is 32.1. The molecule has 0 bridgehead atoms. The number of anilines is 1. The van der Waals surface area contributed by atoms with Gasteiger partial charge in [-0.15, -0.1) is 10.2 Å². The minimum absolute atomic E-state index is 0.269. The number of aromatic nitrogens is 2. The molecular formula is C8H14N4OS. The minimum Gasteiger partial charge on any atom is -0.370 e. The number of carbonyl (C=O) groups excluding carboxylic acids is 1. The zero-order valence-corrected chi connectivity index (χ0v) is 9.31. The van der Waals surface area contributed by atoms with E-state index in [2.05, 4.69) is 15.5 Å². The number of aryl methyl sites for hydroxylation is 1. The van der Waals surface area contributed by atoms with Gasteiger partial charge in [-0.25, -0.2) is 0 Å². The molecule has 78 valence electrons. The lowest BCUT2D eigenvalue weighted by Gasteiger charge is -2.23. The Morgan fingerprint density at radius 3 is 2.64 bits per heavy atom. The predicted octanol–water partition coefficient (Wildman–Crippen LogP) is 0.912. The number of hydrogen-bond donors (Lipinski definition) is 2. The smallest absolute Gasteiger partial charge is 0.219 e. The summed E-state index contributed by atoms with van der Waals surface area (Å²) in [6.07, 6.45) is 0.269. The van der Waals surface area contributed by atoms with Crippen molar-refractivity contribution in [3.8, 4) is 0 Å². The van der Waals surface area contributed by atoms with Gasteiger partial charge < -0.3 is 11.1 Å². The van der Waals surface area contributed by atoms with Crippen LogP contribution in [0.25, 0.3) is 0 Å². The van der Waals surface area contributed by atoms with E-state index in [1.165, 1.54) is 11.3 Å². The summed E-state index contributed by atoms with van der Waals surface area (Å²) in [6, 6.07) is 0. The van der Waals surface area contributed by atoms with E-state index >= 15 is 0 Å². The predicted molar refractivity (Wildman–Crippen MR) is 56.2 cm³/mol. The molecule has 1 aromatic heterocycles. The Labute approximate surface area is 86.7 Å². The highest BCUT2D eigenvalue weighted by Crippen LogP contribution is 2.20. The summed E-state index contributed by atoms with van der Waals surface area (Å²) in [5, 5.41) is 12.5. The maximum atomic E-state index is 10.8. The number of hydrogen-bond acceptors (Lipinski definition) is 5. The second kappa shape index (κ2) is 3.91. The second-order valence-electron chi connectivity index (χ2n) is 3.78. The molecule has 0 aliphatic rings. The normalized spacial score (nSPS) is 11.4.